The summed E-state index contributed by atoms with van der Waals surface area (Å²) in [6.07, 6.45) is 10.1. The quantitative estimate of drug-likeness (QED) is 0.772. The number of nitrogens with one attached hydrogen (secondary N) is 1. The van der Waals surface area contributed by atoms with Gasteiger partial charge in [-0.15, -0.1) is 0 Å². The maximum absolute atomic E-state index is 3.85. The zero-order chi connectivity index (χ0) is 13.2. The monoisotopic (exact) mass is 251 g/mol. The van der Waals surface area contributed by atoms with Gasteiger partial charge in [-0.25, -0.2) is 0 Å². The summed E-state index contributed by atoms with van der Waals surface area (Å²) in [6.45, 7) is 10.9. The molecule has 0 aliphatic heterocycles. The summed E-state index contributed by atoms with van der Waals surface area (Å²) < 4.78 is 0. The molecule has 2 rings (SSSR count). The standard InChI is InChI=1S/C17H33N/c1-13-6-5-7-16(13)18-12-14-8-10-15(11-9-14)17(2,3)4/h13-16,18H,5-12H2,1-4H3. The van der Waals surface area contributed by atoms with E-state index < -0.39 is 0 Å². The van der Waals surface area contributed by atoms with E-state index >= 15 is 0 Å². The molecule has 0 amide bonds. The third-order valence-corrected chi connectivity index (χ3v) is 5.60. The Kier molecular flexibility index (Phi) is 4.75. The van der Waals surface area contributed by atoms with Gasteiger partial charge in [0.2, 0.25) is 0 Å². The predicted octanol–water partition coefficient (Wildman–Crippen LogP) is 4.62. The third kappa shape index (κ3) is 3.73. The van der Waals surface area contributed by atoms with E-state index in [1.807, 2.05) is 0 Å². The molecule has 106 valence electrons. The first-order chi connectivity index (χ1) is 8.47. The Morgan fingerprint density at radius 3 is 2.11 bits per heavy atom. The minimum atomic E-state index is 0.526. The first-order valence-electron chi connectivity index (χ1n) is 8.20. The zero-order valence-corrected chi connectivity index (χ0v) is 13.0. The van der Waals surface area contributed by atoms with Crippen LogP contribution in [0.2, 0.25) is 0 Å². The van der Waals surface area contributed by atoms with Crippen molar-refractivity contribution in [1.29, 1.82) is 0 Å². The molecule has 1 nitrogen and oxygen atoms in total. The zero-order valence-electron chi connectivity index (χ0n) is 13.0. The van der Waals surface area contributed by atoms with E-state index in [1.54, 1.807) is 0 Å². The number of hydrogen-bond acceptors (Lipinski definition) is 1. The minimum Gasteiger partial charge on any atom is -0.313 e. The molecule has 0 radical (unpaired) electrons. The van der Waals surface area contributed by atoms with Crippen molar-refractivity contribution in [1.82, 2.24) is 5.32 Å². The van der Waals surface area contributed by atoms with Crippen molar-refractivity contribution < 1.29 is 0 Å². The largest absolute Gasteiger partial charge is 0.313 e. The molecular formula is C17H33N. The summed E-state index contributed by atoms with van der Waals surface area (Å²) in [6, 6.07) is 0.824. The Bertz CT molecular complexity index is 245. The molecule has 0 heterocycles. The van der Waals surface area contributed by atoms with E-state index in [-0.39, 0.29) is 0 Å². The van der Waals surface area contributed by atoms with Crippen LogP contribution in [-0.4, -0.2) is 12.6 Å². The molecule has 0 saturated heterocycles. The molecule has 18 heavy (non-hydrogen) atoms. The van der Waals surface area contributed by atoms with Gasteiger partial charge in [-0.1, -0.05) is 34.1 Å². The van der Waals surface area contributed by atoms with E-state index in [1.165, 1.54) is 51.5 Å². The van der Waals surface area contributed by atoms with Crippen LogP contribution >= 0.6 is 0 Å². The average Bonchev–Trinajstić information content (AvgIpc) is 2.72. The molecule has 2 aliphatic carbocycles. The van der Waals surface area contributed by atoms with Crippen LogP contribution < -0.4 is 5.32 Å². The SMILES string of the molecule is CC1CCCC1NCC1CCC(C(C)(C)C)CC1. The van der Waals surface area contributed by atoms with Gasteiger partial charge in [0.25, 0.3) is 0 Å². The minimum absolute atomic E-state index is 0.526. The van der Waals surface area contributed by atoms with Crippen LogP contribution in [0.3, 0.4) is 0 Å². The van der Waals surface area contributed by atoms with Gasteiger partial charge in [0, 0.05) is 6.04 Å². The molecule has 0 spiro atoms. The van der Waals surface area contributed by atoms with Gasteiger partial charge in [-0.3, -0.25) is 0 Å². The van der Waals surface area contributed by atoms with Gasteiger partial charge in [-0.2, -0.15) is 0 Å². The normalized spacial score (nSPS) is 38.0. The fourth-order valence-electron chi connectivity index (χ4n) is 4.00. The summed E-state index contributed by atoms with van der Waals surface area (Å²) in [4.78, 5) is 0. The molecule has 0 aromatic rings. The van der Waals surface area contributed by atoms with Crippen molar-refractivity contribution >= 4 is 0 Å². The van der Waals surface area contributed by atoms with Crippen molar-refractivity contribution in [2.75, 3.05) is 6.54 Å². The van der Waals surface area contributed by atoms with Gasteiger partial charge in [-0.05, 0) is 68.2 Å². The lowest BCUT2D eigenvalue weighted by Crippen LogP contribution is -2.37. The second-order valence-electron chi connectivity index (χ2n) is 8.01. The Morgan fingerprint density at radius 2 is 1.61 bits per heavy atom. The van der Waals surface area contributed by atoms with E-state index in [2.05, 4.69) is 33.0 Å². The maximum atomic E-state index is 3.85. The Morgan fingerprint density at radius 1 is 0.944 bits per heavy atom. The molecule has 2 fully saturated rings. The van der Waals surface area contributed by atoms with E-state index in [0.717, 1.165) is 23.8 Å². The van der Waals surface area contributed by atoms with E-state index in [0.29, 0.717) is 5.41 Å². The highest BCUT2D eigenvalue weighted by Gasteiger charge is 2.30. The van der Waals surface area contributed by atoms with Crippen molar-refractivity contribution in [3.8, 4) is 0 Å². The van der Waals surface area contributed by atoms with Crippen LogP contribution in [-0.2, 0) is 0 Å². The number of hydrogen-bond donors (Lipinski definition) is 1. The molecule has 0 bridgehead atoms. The van der Waals surface area contributed by atoms with Gasteiger partial charge in [0.1, 0.15) is 0 Å². The summed E-state index contributed by atoms with van der Waals surface area (Å²) in [5.41, 5.74) is 0.526. The van der Waals surface area contributed by atoms with Gasteiger partial charge < -0.3 is 5.32 Å². The molecule has 0 aromatic carbocycles. The fourth-order valence-corrected chi connectivity index (χ4v) is 4.00. The van der Waals surface area contributed by atoms with Crippen LogP contribution in [0, 0.1) is 23.2 Å². The van der Waals surface area contributed by atoms with E-state index in [4.69, 9.17) is 0 Å². The first kappa shape index (κ1) is 14.4. The molecule has 2 saturated carbocycles. The summed E-state index contributed by atoms with van der Waals surface area (Å²) in [5, 5.41) is 3.85. The first-order valence-corrected chi connectivity index (χ1v) is 8.20. The highest BCUT2D eigenvalue weighted by atomic mass is 14.9. The molecule has 2 atom stereocenters. The van der Waals surface area contributed by atoms with Gasteiger partial charge in [0.15, 0.2) is 0 Å². The Balaban J connectivity index is 1.67. The Labute approximate surface area is 114 Å². The van der Waals surface area contributed by atoms with Crippen molar-refractivity contribution in [3.05, 3.63) is 0 Å². The highest BCUT2D eigenvalue weighted by molar-refractivity contribution is 4.84. The molecule has 0 aromatic heterocycles. The van der Waals surface area contributed by atoms with E-state index in [9.17, 15) is 0 Å². The topological polar surface area (TPSA) is 12.0 Å². The third-order valence-electron chi connectivity index (χ3n) is 5.60. The Hall–Kier alpha value is -0.0400. The summed E-state index contributed by atoms with van der Waals surface area (Å²) >= 11 is 0. The van der Waals surface area contributed by atoms with Gasteiger partial charge >= 0.3 is 0 Å². The van der Waals surface area contributed by atoms with Crippen molar-refractivity contribution in [2.24, 2.45) is 23.2 Å². The molecule has 1 N–H and O–H groups in total. The smallest absolute Gasteiger partial charge is 0.00928 e. The second-order valence-corrected chi connectivity index (χ2v) is 8.01. The lowest BCUT2D eigenvalue weighted by atomic mass is 9.70. The molecule has 1 heteroatoms. The van der Waals surface area contributed by atoms with Crippen LogP contribution in [0.15, 0.2) is 0 Å². The van der Waals surface area contributed by atoms with Crippen LogP contribution in [0.25, 0.3) is 0 Å². The van der Waals surface area contributed by atoms with Gasteiger partial charge in [0.05, 0.1) is 0 Å². The molecule has 2 unspecified atom stereocenters. The fraction of sp³-hybridized carbons (Fsp3) is 1.00. The van der Waals surface area contributed by atoms with Crippen molar-refractivity contribution in [2.45, 2.75) is 78.7 Å². The number of rotatable bonds is 3. The summed E-state index contributed by atoms with van der Waals surface area (Å²) in [5.74, 6) is 2.83. The average molecular weight is 251 g/mol. The van der Waals surface area contributed by atoms with Crippen LogP contribution in [0.4, 0.5) is 0 Å². The van der Waals surface area contributed by atoms with Crippen LogP contribution in [0.5, 0.6) is 0 Å². The molecular weight excluding hydrogens is 218 g/mol. The summed E-state index contributed by atoms with van der Waals surface area (Å²) in [7, 11) is 0. The molecule has 2 aliphatic rings. The predicted molar refractivity (Wildman–Crippen MR) is 79.7 cm³/mol. The van der Waals surface area contributed by atoms with Crippen LogP contribution in [0.1, 0.15) is 72.6 Å². The lowest BCUT2D eigenvalue weighted by Gasteiger charge is -2.37. The maximum Gasteiger partial charge on any atom is 0.00928 e. The lowest BCUT2D eigenvalue weighted by molar-refractivity contribution is 0.147. The highest BCUT2D eigenvalue weighted by Crippen LogP contribution is 2.39. The van der Waals surface area contributed by atoms with Crippen molar-refractivity contribution in [3.63, 3.8) is 0 Å². The second kappa shape index (κ2) is 5.94.